The molecule has 0 spiro atoms. The van der Waals surface area contributed by atoms with Gasteiger partial charge in [-0.05, 0) is 12.3 Å². The smallest absolute Gasteiger partial charge is 0.251 e. The molecule has 0 aliphatic heterocycles. The molecule has 0 aromatic carbocycles. The van der Waals surface area contributed by atoms with Crippen molar-refractivity contribution in [2.45, 2.75) is 13.3 Å². The van der Waals surface area contributed by atoms with Crippen LogP contribution < -0.4 is 5.54 Å². The van der Waals surface area contributed by atoms with E-state index in [1.165, 1.54) is 0 Å². The third kappa shape index (κ3) is 0.804. The molecule has 2 atom stereocenters. The summed E-state index contributed by atoms with van der Waals surface area (Å²) in [6.07, 6.45) is 0.843. The Morgan fingerprint density at radius 3 is 2.50 bits per heavy atom. The maximum Gasteiger partial charge on any atom is 0.251 e. The minimum atomic E-state index is -0.461. The summed E-state index contributed by atoms with van der Waals surface area (Å²) in [5.74, 6) is -0.108. The van der Waals surface area contributed by atoms with Gasteiger partial charge in [0.25, 0.3) is 5.91 Å². The van der Waals surface area contributed by atoms with Crippen LogP contribution >= 0.6 is 0 Å². The number of halogens is 1. The fraction of sp³-hybridized carbons (Fsp3) is 0.800. The molecule has 1 aliphatic carbocycles. The predicted octanol–water partition coefficient (Wildman–Crippen LogP) is 0.643. The first kappa shape index (κ1) is 5.54. The standard InChI is InChI=1S/C5H8FNO/c1-3-2-4(3)5(8)7-6/h3-4H,2H2,1H3,(H,7,8). The third-order valence-electron chi connectivity index (χ3n) is 1.54. The van der Waals surface area contributed by atoms with Gasteiger partial charge in [0.2, 0.25) is 0 Å². The van der Waals surface area contributed by atoms with Crippen molar-refractivity contribution in [3.63, 3.8) is 0 Å². The Hall–Kier alpha value is -0.600. The minimum absolute atomic E-state index is 0.0417. The molecule has 0 saturated heterocycles. The number of carbonyl (C=O) groups is 1. The second kappa shape index (κ2) is 1.73. The van der Waals surface area contributed by atoms with E-state index in [2.05, 4.69) is 0 Å². The van der Waals surface area contributed by atoms with E-state index in [1.807, 2.05) is 6.92 Å². The lowest BCUT2D eigenvalue weighted by atomic mass is 10.3. The van der Waals surface area contributed by atoms with Crippen molar-refractivity contribution < 1.29 is 9.28 Å². The van der Waals surface area contributed by atoms with Gasteiger partial charge in [-0.25, -0.2) is 0 Å². The minimum Gasteiger partial charge on any atom is -0.272 e. The van der Waals surface area contributed by atoms with Gasteiger partial charge in [-0.15, -0.1) is 4.48 Å². The zero-order valence-corrected chi connectivity index (χ0v) is 4.65. The van der Waals surface area contributed by atoms with Crippen LogP contribution in [-0.2, 0) is 4.79 Å². The molecule has 2 unspecified atom stereocenters. The van der Waals surface area contributed by atoms with Crippen LogP contribution in [0.1, 0.15) is 13.3 Å². The molecule has 1 rings (SSSR count). The van der Waals surface area contributed by atoms with Gasteiger partial charge < -0.3 is 0 Å². The van der Waals surface area contributed by atoms with Gasteiger partial charge in [0.15, 0.2) is 0 Å². The topological polar surface area (TPSA) is 29.1 Å². The van der Waals surface area contributed by atoms with E-state index in [0.29, 0.717) is 5.92 Å². The molecule has 2 nitrogen and oxygen atoms in total. The van der Waals surface area contributed by atoms with E-state index in [-0.39, 0.29) is 5.92 Å². The molecule has 1 saturated carbocycles. The van der Waals surface area contributed by atoms with Crippen molar-refractivity contribution in [2.24, 2.45) is 11.8 Å². The Morgan fingerprint density at radius 1 is 1.88 bits per heavy atom. The van der Waals surface area contributed by atoms with Crippen molar-refractivity contribution in [3.05, 3.63) is 0 Å². The molecule has 3 heteroatoms. The Morgan fingerprint density at radius 2 is 2.38 bits per heavy atom. The van der Waals surface area contributed by atoms with Crippen molar-refractivity contribution in [2.75, 3.05) is 0 Å². The number of amides is 1. The zero-order chi connectivity index (χ0) is 6.15. The van der Waals surface area contributed by atoms with Crippen LogP contribution in [0.2, 0.25) is 0 Å². The SMILES string of the molecule is CC1CC1C(=O)NF. The Kier molecular flexibility index (Phi) is 1.19. The van der Waals surface area contributed by atoms with Crippen LogP contribution in [0.25, 0.3) is 0 Å². The monoisotopic (exact) mass is 117 g/mol. The highest BCUT2D eigenvalue weighted by Crippen LogP contribution is 2.37. The molecule has 1 N–H and O–H groups in total. The van der Waals surface area contributed by atoms with Crippen LogP contribution in [0, 0.1) is 11.8 Å². The summed E-state index contributed by atoms with van der Waals surface area (Å²) in [4.78, 5) is 10.3. The fourth-order valence-electron chi connectivity index (χ4n) is 0.757. The molecule has 0 bridgehead atoms. The average Bonchev–Trinajstić information content (AvgIpc) is 2.45. The second-order valence-electron chi connectivity index (χ2n) is 2.28. The van der Waals surface area contributed by atoms with Crippen molar-refractivity contribution >= 4 is 5.91 Å². The molecule has 8 heavy (non-hydrogen) atoms. The van der Waals surface area contributed by atoms with Crippen LogP contribution in [0.5, 0.6) is 0 Å². The van der Waals surface area contributed by atoms with Crippen LogP contribution in [-0.4, -0.2) is 5.91 Å². The molecule has 46 valence electrons. The summed E-state index contributed by atoms with van der Waals surface area (Å²) in [5, 5.41) is 0. The highest BCUT2D eigenvalue weighted by molar-refractivity contribution is 5.80. The Labute approximate surface area is 47.0 Å². The number of rotatable bonds is 1. The average molecular weight is 117 g/mol. The normalized spacial score (nSPS) is 34.2. The third-order valence-corrected chi connectivity index (χ3v) is 1.54. The summed E-state index contributed by atoms with van der Waals surface area (Å²) in [6, 6.07) is 0. The molecule has 1 fully saturated rings. The first-order chi connectivity index (χ1) is 3.75. The van der Waals surface area contributed by atoms with E-state index >= 15 is 0 Å². The lowest BCUT2D eigenvalue weighted by Crippen LogP contribution is -2.15. The fourth-order valence-corrected chi connectivity index (χ4v) is 0.757. The van der Waals surface area contributed by atoms with Gasteiger partial charge in [-0.2, -0.15) is 5.54 Å². The summed E-state index contributed by atoms with van der Waals surface area (Å²) in [6.45, 7) is 1.93. The molecule has 0 aromatic rings. The number of hydrogen-bond donors (Lipinski definition) is 1. The molecule has 0 aromatic heterocycles. The largest absolute Gasteiger partial charge is 0.272 e. The maximum absolute atomic E-state index is 11.3. The summed E-state index contributed by atoms with van der Waals surface area (Å²) < 4.78 is 11.3. The van der Waals surface area contributed by atoms with E-state index in [0.717, 1.165) is 12.0 Å². The van der Waals surface area contributed by atoms with Gasteiger partial charge in [0, 0.05) is 5.92 Å². The van der Waals surface area contributed by atoms with Gasteiger partial charge >= 0.3 is 0 Å². The van der Waals surface area contributed by atoms with E-state index in [1.54, 1.807) is 0 Å². The van der Waals surface area contributed by atoms with Crippen molar-refractivity contribution in [1.82, 2.24) is 5.54 Å². The maximum atomic E-state index is 11.3. The van der Waals surface area contributed by atoms with Crippen molar-refractivity contribution in [1.29, 1.82) is 0 Å². The highest BCUT2D eigenvalue weighted by atomic mass is 19.2. The predicted molar refractivity (Wildman–Crippen MR) is 26.5 cm³/mol. The quantitative estimate of drug-likeness (QED) is 0.502. The number of carbonyl (C=O) groups excluding carboxylic acids is 1. The summed E-state index contributed by atoms with van der Waals surface area (Å²) >= 11 is 0. The number of nitrogens with one attached hydrogen (secondary N) is 1. The van der Waals surface area contributed by atoms with Gasteiger partial charge in [0.1, 0.15) is 0 Å². The first-order valence-corrected chi connectivity index (χ1v) is 2.66. The van der Waals surface area contributed by atoms with E-state index in [4.69, 9.17) is 0 Å². The molecular formula is C5H8FNO. The molecule has 1 aliphatic rings. The molecule has 0 radical (unpaired) electrons. The van der Waals surface area contributed by atoms with Gasteiger partial charge in [-0.3, -0.25) is 4.79 Å². The van der Waals surface area contributed by atoms with Gasteiger partial charge in [-0.1, -0.05) is 6.92 Å². The van der Waals surface area contributed by atoms with E-state index < -0.39 is 5.91 Å². The summed E-state index contributed by atoms with van der Waals surface area (Å²) in [7, 11) is 0. The lowest BCUT2D eigenvalue weighted by Gasteiger charge is -1.87. The first-order valence-electron chi connectivity index (χ1n) is 2.66. The van der Waals surface area contributed by atoms with Gasteiger partial charge in [0.05, 0.1) is 0 Å². The van der Waals surface area contributed by atoms with Crippen molar-refractivity contribution in [3.8, 4) is 0 Å². The molecule has 0 heterocycles. The van der Waals surface area contributed by atoms with Crippen LogP contribution in [0.3, 0.4) is 0 Å². The van der Waals surface area contributed by atoms with E-state index in [9.17, 15) is 9.28 Å². The Bertz CT molecular complexity index is 115. The summed E-state index contributed by atoms with van der Waals surface area (Å²) in [5.41, 5.74) is 1.12. The van der Waals surface area contributed by atoms with Crippen LogP contribution in [0.15, 0.2) is 0 Å². The number of hydrogen-bond acceptors (Lipinski definition) is 1. The van der Waals surface area contributed by atoms with Crippen LogP contribution in [0.4, 0.5) is 4.48 Å². The second-order valence-corrected chi connectivity index (χ2v) is 2.28. The molecular weight excluding hydrogens is 109 g/mol. The lowest BCUT2D eigenvalue weighted by molar-refractivity contribution is -0.126. The highest BCUT2D eigenvalue weighted by Gasteiger charge is 2.39. The zero-order valence-electron chi connectivity index (χ0n) is 4.65. The molecule has 1 amide bonds. The Balaban J connectivity index is 2.28.